The van der Waals surface area contributed by atoms with Crippen LogP contribution in [-0.4, -0.2) is 0 Å². The number of thiophene rings is 1. The van der Waals surface area contributed by atoms with Gasteiger partial charge in [-0.3, -0.25) is 0 Å². The van der Waals surface area contributed by atoms with Gasteiger partial charge in [0.25, 0.3) is 0 Å². The van der Waals surface area contributed by atoms with E-state index in [1.165, 1.54) is 20.9 Å². The molecule has 2 heteroatoms. The molecule has 0 aliphatic rings. The highest BCUT2D eigenvalue weighted by Gasteiger charge is 2.08. The summed E-state index contributed by atoms with van der Waals surface area (Å²) >= 11 is 1.82. The lowest BCUT2D eigenvalue weighted by Crippen LogP contribution is -2.05. The molecule has 2 N–H and O–H groups in total. The molecule has 0 aliphatic carbocycles. The summed E-state index contributed by atoms with van der Waals surface area (Å²) in [7, 11) is 0. The highest BCUT2D eigenvalue weighted by atomic mass is 32.1. The average Bonchev–Trinajstić information content (AvgIpc) is 2.65. The first-order chi connectivity index (χ1) is 7.18. The van der Waals surface area contributed by atoms with Crippen LogP contribution in [0.2, 0.25) is 0 Å². The van der Waals surface area contributed by atoms with Crippen molar-refractivity contribution in [3.8, 4) is 10.4 Å². The maximum atomic E-state index is 5.96. The van der Waals surface area contributed by atoms with Gasteiger partial charge in [-0.2, -0.15) is 0 Å². The van der Waals surface area contributed by atoms with Crippen molar-refractivity contribution >= 4 is 11.3 Å². The molecule has 0 unspecified atom stereocenters. The van der Waals surface area contributed by atoms with E-state index in [0.717, 1.165) is 0 Å². The monoisotopic (exact) mass is 217 g/mol. The Morgan fingerprint density at radius 1 is 1.13 bits per heavy atom. The predicted octanol–water partition coefficient (Wildman–Crippen LogP) is 3.74. The Bertz CT molecular complexity index is 457. The molecule has 78 valence electrons. The number of rotatable bonds is 2. The Labute approximate surface area is 94.6 Å². The van der Waals surface area contributed by atoms with E-state index < -0.39 is 0 Å². The molecule has 1 atom stereocenters. The summed E-state index contributed by atoms with van der Waals surface area (Å²) in [5.41, 5.74) is 8.45. The van der Waals surface area contributed by atoms with Gasteiger partial charge in [0.05, 0.1) is 0 Å². The van der Waals surface area contributed by atoms with E-state index in [9.17, 15) is 0 Å². The van der Waals surface area contributed by atoms with Crippen molar-refractivity contribution in [1.82, 2.24) is 0 Å². The minimum atomic E-state index is 0.0867. The molecular weight excluding hydrogens is 202 g/mol. The molecular formula is C13H15NS. The molecule has 1 heterocycles. The minimum absolute atomic E-state index is 0.0867. The summed E-state index contributed by atoms with van der Waals surface area (Å²) in [5.74, 6) is 0. The van der Waals surface area contributed by atoms with Crippen molar-refractivity contribution in [3.05, 3.63) is 46.8 Å². The lowest BCUT2D eigenvalue weighted by Gasteiger charge is -2.10. The Morgan fingerprint density at radius 3 is 2.47 bits per heavy atom. The zero-order chi connectivity index (χ0) is 10.8. The van der Waals surface area contributed by atoms with Crippen LogP contribution in [0.1, 0.15) is 23.4 Å². The zero-order valence-corrected chi connectivity index (χ0v) is 9.84. The second kappa shape index (κ2) is 4.17. The van der Waals surface area contributed by atoms with Crippen LogP contribution in [0, 0.1) is 6.92 Å². The molecule has 1 nitrogen and oxygen atoms in total. The van der Waals surface area contributed by atoms with E-state index >= 15 is 0 Å². The molecule has 0 aliphatic heterocycles. The second-order valence-corrected chi connectivity index (χ2v) is 5.07. The molecule has 0 radical (unpaired) electrons. The lowest BCUT2D eigenvalue weighted by atomic mass is 10.0. The molecule has 2 rings (SSSR count). The molecule has 0 saturated heterocycles. The van der Waals surface area contributed by atoms with Crippen molar-refractivity contribution in [1.29, 1.82) is 0 Å². The van der Waals surface area contributed by atoms with Crippen LogP contribution in [-0.2, 0) is 0 Å². The maximum Gasteiger partial charge on any atom is 0.0348 e. The summed E-state index contributed by atoms with van der Waals surface area (Å²) in [6.07, 6.45) is 0. The fourth-order valence-electron chi connectivity index (χ4n) is 1.70. The average molecular weight is 217 g/mol. The smallest absolute Gasteiger partial charge is 0.0348 e. The van der Waals surface area contributed by atoms with Gasteiger partial charge in [-0.15, -0.1) is 11.3 Å². The Kier molecular flexibility index (Phi) is 2.89. The topological polar surface area (TPSA) is 26.0 Å². The molecule has 15 heavy (non-hydrogen) atoms. The van der Waals surface area contributed by atoms with Crippen LogP contribution >= 0.6 is 11.3 Å². The molecule has 2 aromatic rings. The number of nitrogens with two attached hydrogens (primary N) is 1. The van der Waals surface area contributed by atoms with Crippen LogP contribution in [0.4, 0.5) is 0 Å². The molecule has 0 spiro atoms. The predicted molar refractivity (Wildman–Crippen MR) is 67.1 cm³/mol. The fraction of sp³-hybridized carbons (Fsp3) is 0.231. The van der Waals surface area contributed by atoms with Gasteiger partial charge in [-0.25, -0.2) is 0 Å². The third-order valence-corrected chi connectivity index (χ3v) is 3.49. The molecule has 0 saturated carbocycles. The zero-order valence-electron chi connectivity index (χ0n) is 9.03. The second-order valence-electron chi connectivity index (χ2n) is 3.79. The van der Waals surface area contributed by atoms with Crippen LogP contribution < -0.4 is 5.73 Å². The molecule has 0 amide bonds. The van der Waals surface area contributed by atoms with Gasteiger partial charge in [0.1, 0.15) is 0 Å². The highest BCUT2D eigenvalue weighted by Crippen LogP contribution is 2.32. The van der Waals surface area contributed by atoms with Gasteiger partial charge in [0.15, 0.2) is 0 Å². The summed E-state index contributed by atoms with van der Waals surface area (Å²) in [4.78, 5) is 2.64. The molecule has 1 aromatic heterocycles. The highest BCUT2D eigenvalue weighted by molar-refractivity contribution is 7.15. The Balaban J connectivity index is 2.52. The van der Waals surface area contributed by atoms with Crippen molar-refractivity contribution < 1.29 is 0 Å². The van der Waals surface area contributed by atoms with Crippen molar-refractivity contribution in [2.45, 2.75) is 19.9 Å². The first-order valence-corrected chi connectivity index (χ1v) is 5.91. The fourth-order valence-corrected chi connectivity index (χ4v) is 2.61. The van der Waals surface area contributed by atoms with Gasteiger partial charge in [-0.05, 0) is 37.1 Å². The van der Waals surface area contributed by atoms with Gasteiger partial charge in [0, 0.05) is 15.8 Å². The summed E-state index contributed by atoms with van der Waals surface area (Å²) < 4.78 is 0. The minimum Gasteiger partial charge on any atom is -0.324 e. The lowest BCUT2D eigenvalue weighted by molar-refractivity contribution is 0.821. The molecule has 0 bridgehead atoms. The third-order valence-electron chi connectivity index (χ3n) is 2.46. The van der Waals surface area contributed by atoms with Crippen molar-refractivity contribution in [2.75, 3.05) is 0 Å². The molecule has 1 aromatic carbocycles. The summed E-state index contributed by atoms with van der Waals surface area (Å²) in [6, 6.07) is 12.8. The van der Waals surface area contributed by atoms with Gasteiger partial charge >= 0.3 is 0 Å². The Morgan fingerprint density at radius 2 is 1.87 bits per heavy atom. The van der Waals surface area contributed by atoms with E-state index in [-0.39, 0.29) is 6.04 Å². The van der Waals surface area contributed by atoms with Crippen molar-refractivity contribution in [2.24, 2.45) is 5.73 Å². The normalized spacial score (nSPS) is 12.7. The number of benzene rings is 1. The summed E-state index contributed by atoms with van der Waals surface area (Å²) in [6.45, 7) is 4.15. The van der Waals surface area contributed by atoms with E-state index in [4.69, 9.17) is 5.73 Å². The molecule has 0 fully saturated rings. The summed E-state index contributed by atoms with van der Waals surface area (Å²) in [5, 5.41) is 0. The Hall–Kier alpha value is -1.12. The van der Waals surface area contributed by atoms with E-state index in [1.807, 2.05) is 24.3 Å². The number of hydrogen-bond donors (Lipinski definition) is 1. The van der Waals surface area contributed by atoms with Crippen LogP contribution in [0.3, 0.4) is 0 Å². The van der Waals surface area contributed by atoms with Gasteiger partial charge in [-0.1, -0.05) is 24.3 Å². The standard InChI is InChI=1S/C13H15NS/c1-9-7-8-13(15-9)12-6-4-3-5-11(12)10(2)14/h3-8,10H,14H2,1-2H3/t10-/m0/s1. The maximum absolute atomic E-state index is 5.96. The van der Waals surface area contributed by atoms with Gasteiger partial charge in [0.2, 0.25) is 0 Å². The van der Waals surface area contributed by atoms with Crippen LogP contribution in [0.15, 0.2) is 36.4 Å². The van der Waals surface area contributed by atoms with Crippen LogP contribution in [0.25, 0.3) is 10.4 Å². The first-order valence-electron chi connectivity index (χ1n) is 5.10. The van der Waals surface area contributed by atoms with Gasteiger partial charge < -0.3 is 5.73 Å². The SMILES string of the molecule is Cc1ccc(-c2ccccc2[C@H](C)N)s1. The largest absolute Gasteiger partial charge is 0.324 e. The van der Waals surface area contributed by atoms with E-state index in [0.29, 0.717) is 0 Å². The first kappa shape index (κ1) is 10.4. The van der Waals surface area contributed by atoms with E-state index in [2.05, 4.69) is 37.3 Å². The third kappa shape index (κ3) is 2.11. The van der Waals surface area contributed by atoms with Crippen LogP contribution in [0.5, 0.6) is 0 Å². The van der Waals surface area contributed by atoms with E-state index in [1.54, 1.807) is 0 Å². The van der Waals surface area contributed by atoms with Crippen molar-refractivity contribution in [3.63, 3.8) is 0 Å². The number of aryl methyl sites for hydroxylation is 1. The quantitative estimate of drug-likeness (QED) is 0.814. The number of hydrogen-bond acceptors (Lipinski definition) is 2.